The van der Waals surface area contributed by atoms with Gasteiger partial charge in [-0.25, -0.2) is 17.8 Å². The minimum absolute atomic E-state index is 0.260. The van der Waals surface area contributed by atoms with Gasteiger partial charge in [-0.2, -0.15) is 0 Å². The molecule has 0 bridgehead atoms. The molecule has 0 amide bonds. The zero-order valence-electron chi connectivity index (χ0n) is 22.8. The minimum Gasteiger partial charge on any atom is -0.381 e. The molecule has 1 unspecified atom stereocenters. The van der Waals surface area contributed by atoms with Gasteiger partial charge in [-0.15, -0.1) is 0 Å². The van der Waals surface area contributed by atoms with Crippen molar-refractivity contribution >= 4 is 15.5 Å². The van der Waals surface area contributed by atoms with Crippen molar-refractivity contribution in [3.63, 3.8) is 0 Å². The largest absolute Gasteiger partial charge is 0.381 e. The first kappa shape index (κ1) is 26.9. The first-order chi connectivity index (χ1) is 18.8. The minimum atomic E-state index is -3.27. The van der Waals surface area contributed by atoms with Crippen molar-refractivity contribution in [3.8, 4) is 11.3 Å². The highest BCUT2D eigenvalue weighted by Gasteiger charge is 2.30. The lowest BCUT2D eigenvalue weighted by Crippen LogP contribution is -2.43. The van der Waals surface area contributed by atoms with Gasteiger partial charge in [-0.1, -0.05) is 12.1 Å². The van der Waals surface area contributed by atoms with Crippen LogP contribution in [0.5, 0.6) is 0 Å². The van der Waals surface area contributed by atoms with Crippen molar-refractivity contribution < 1.29 is 17.5 Å². The summed E-state index contributed by atoms with van der Waals surface area (Å²) >= 11 is 0. The SMILES string of the molecule is CS(=O)(=O)c1ccc(-c2cn3cc(C4CCN(C5CCCN(C6CCOCC6)CC5)CC4)cc(F)c3n2)cc1. The number of hydrogen-bond acceptors (Lipinski definition) is 6. The Hall–Kier alpha value is -2.33. The Morgan fingerprint density at radius 1 is 0.872 bits per heavy atom. The quantitative estimate of drug-likeness (QED) is 0.453. The fraction of sp³-hybridized carbons (Fsp3) is 0.567. The number of benzene rings is 1. The van der Waals surface area contributed by atoms with Crippen molar-refractivity contribution in [3.05, 3.63) is 54.1 Å². The van der Waals surface area contributed by atoms with Crippen LogP contribution >= 0.6 is 0 Å². The lowest BCUT2D eigenvalue weighted by atomic mass is 9.89. The molecule has 39 heavy (non-hydrogen) atoms. The molecule has 1 aromatic carbocycles. The van der Waals surface area contributed by atoms with Crippen LogP contribution in [-0.2, 0) is 14.6 Å². The molecular weight excluding hydrogens is 515 g/mol. The highest BCUT2D eigenvalue weighted by atomic mass is 32.2. The molecule has 9 heteroatoms. The van der Waals surface area contributed by atoms with Crippen LogP contribution in [0.2, 0.25) is 0 Å². The van der Waals surface area contributed by atoms with Crippen molar-refractivity contribution in [2.45, 2.75) is 67.8 Å². The number of sulfone groups is 1. The summed E-state index contributed by atoms with van der Waals surface area (Å²) in [6.07, 6.45) is 13.3. The summed E-state index contributed by atoms with van der Waals surface area (Å²) in [6, 6.07) is 9.61. The molecule has 3 fully saturated rings. The number of fused-ring (bicyclic) bond motifs is 1. The van der Waals surface area contributed by atoms with Crippen LogP contribution in [0, 0.1) is 5.82 Å². The number of aromatic nitrogens is 2. The molecule has 3 saturated heterocycles. The topological polar surface area (TPSA) is 67.2 Å². The smallest absolute Gasteiger partial charge is 0.175 e. The third kappa shape index (κ3) is 5.92. The summed E-state index contributed by atoms with van der Waals surface area (Å²) < 4.78 is 46.1. The average Bonchev–Trinajstić information content (AvgIpc) is 3.24. The van der Waals surface area contributed by atoms with E-state index in [0.29, 0.717) is 29.3 Å². The monoisotopic (exact) mass is 554 g/mol. The third-order valence-electron chi connectivity index (χ3n) is 9.06. The fourth-order valence-corrected chi connectivity index (χ4v) is 7.42. The second-order valence-electron chi connectivity index (χ2n) is 11.5. The van der Waals surface area contributed by atoms with Gasteiger partial charge in [-0.3, -0.25) is 0 Å². The predicted molar refractivity (Wildman–Crippen MR) is 150 cm³/mol. The summed E-state index contributed by atoms with van der Waals surface area (Å²) in [4.78, 5) is 10.2. The molecule has 6 rings (SSSR count). The van der Waals surface area contributed by atoms with E-state index in [4.69, 9.17) is 4.74 Å². The molecule has 0 radical (unpaired) electrons. The molecule has 7 nitrogen and oxygen atoms in total. The number of halogens is 1. The Kier molecular flexibility index (Phi) is 7.77. The van der Waals surface area contributed by atoms with E-state index in [0.717, 1.165) is 50.3 Å². The summed E-state index contributed by atoms with van der Waals surface area (Å²) in [5.74, 6) is 0.0236. The average molecular weight is 555 g/mol. The molecular formula is C30H39FN4O3S. The maximum atomic E-state index is 15.2. The molecule has 0 N–H and O–H groups in total. The Bertz CT molecular complexity index is 1390. The van der Waals surface area contributed by atoms with Crippen LogP contribution in [-0.4, -0.2) is 85.3 Å². The van der Waals surface area contributed by atoms with E-state index in [9.17, 15) is 8.42 Å². The number of likely N-dealkylation sites (tertiary alicyclic amines) is 2. The Morgan fingerprint density at radius 2 is 1.54 bits per heavy atom. The van der Waals surface area contributed by atoms with E-state index in [1.54, 1.807) is 34.7 Å². The number of ether oxygens (including phenoxy) is 1. The zero-order valence-corrected chi connectivity index (χ0v) is 23.6. The first-order valence-corrected chi connectivity index (χ1v) is 16.3. The lowest BCUT2D eigenvalue weighted by molar-refractivity contribution is 0.0341. The van der Waals surface area contributed by atoms with Gasteiger partial charge in [-0.05, 0) is 101 Å². The molecule has 0 saturated carbocycles. The number of imidazole rings is 1. The first-order valence-electron chi connectivity index (χ1n) is 14.4. The predicted octanol–water partition coefficient (Wildman–Crippen LogP) is 4.76. The maximum absolute atomic E-state index is 15.2. The van der Waals surface area contributed by atoms with Gasteiger partial charge in [0.25, 0.3) is 0 Å². The van der Waals surface area contributed by atoms with Crippen LogP contribution < -0.4 is 0 Å². The molecule has 3 aliphatic heterocycles. The summed E-state index contributed by atoms with van der Waals surface area (Å²) in [5, 5.41) is 0. The molecule has 1 atom stereocenters. The van der Waals surface area contributed by atoms with Gasteiger partial charge in [0, 0.05) is 49.5 Å². The van der Waals surface area contributed by atoms with E-state index in [2.05, 4.69) is 14.8 Å². The molecule has 5 heterocycles. The van der Waals surface area contributed by atoms with Crippen molar-refractivity contribution in [2.75, 3.05) is 45.6 Å². The summed E-state index contributed by atoms with van der Waals surface area (Å²) in [5.41, 5.74) is 2.72. The van der Waals surface area contributed by atoms with Gasteiger partial charge in [0.05, 0.1) is 10.6 Å². The van der Waals surface area contributed by atoms with Gasteiger partial charge in [0.1, 0.15) is 0 Å². The van der Waals surface area contributed by atoms with Crippen LogP contribution in [0.3, 0.4) is 0 Å². The van der Waals surface area contributed by atoms with Crippen molar-refractivity contribution in [1.82, 2.24) is 19.2 Å². The standard InChI is InChI=1S/C30H39FN4O3S/c1-39(36,37)27-6-4-23(5-7-27)29-21-35-20-24(19-28(31)30(35)32-29)22-8-14-34(15-9-22)25-3-2-13-33(16-10-25)26-11-17-38-18-12-26/h4-7,19-22,25-26H,2-3,8-18H2,1H3. The van der Waals surface area contributed by atoms with Gasteiger partial charge < -0.3 is 18.9 Å². The summed E-state index contributed by atoms with van der Waals surface area (Å²) in [7, 11) is -3.27. The van der Waals surface area contributed by atoms with Gasteiger partial charge in [0.2, 0.25) is 0 Å². The molecule has 3 aromatic rings. The zero-order chi connectivity index (χ0) is 27.0. The molecule has 0 spiro atoms. The fourth-order valence-electron chi connectivity index (χ4n) is 6.79. The van der Waals surface area contributed by atoms with Crippen LogP contribution in [0.25, 0.3) is 16.9 Å². The highest BCUT2D eigenvalue weighted by Crippen LogP contribution is 2.33. The molecule has 210 valence electrons. The van der Waals surface area contributed by atoms with Crippen LogP contribution in [0.1, 0.15) is 56.4 Å². The van der Waals surface area contributed by atoms with E-state index in [1.807, 2.05) is 12.4 Å². The van der Waals surface area contributed by atoms with Crippen molar-refractivity contribution in [1.29, 1.82) is 0 Å². The lowest BCUT2D eigenvalue weighted by Gasteiger charge is -2.38. The number of pyridine rings is 1. The summed E-state index contributed by atoms with van der Waals surface area (Å²) in [6.45, 7) is 6.34. The van der Waals surface area contributed by atoms with Gasteiger partial charge >= 0.3 is 0 Å². The molecule has 3 aliphatic rings. The van der Waals surface area contributed by atoms with E-state index >= 15 is 4.39 Å². The van der Waals surface area contributed by atoms with Crippen LogP contribution in [0.4, 0.5) is 4.39 Å². The van der Waals surface area contributed by atoms with E-state index in [1.165, 1.54) is 51.4 Å². The normalized spacial score (nSPS) is 23.3. The third-order valence-corrected chi connectivity index (χ3v) is 10.2. The van der Waals surface area contributed by atoms with Crippen LogP contribution in [0.15, 0.2) is 47.6 Å². The Balaban J connectivity index is 1.10. The van der Waals surface area contributed by atoms with Crippen molar-refractivity contribution in [2.24, 2.45) is 0 Å². The second-order valence-corrected chi connectivity index (χ2v) is 13.6. The number of hydrogen-bond donors (Lipinski definition) is 0. The maximum Gasteiger partial charge on any atom is 0.175 e. The molecule has 0 aliphatic carbocycles. The Labute approximate surface area is 230 Å². The number of nitrogens with zero attached hydrogens (tertiary/aromatic N) is 4. The second kappa shape index (κ2) is 11.3. The Morgan fingerprint density at radius 3 is 2.26 bits per heavy atom. The van der Waals surface area contributed by atoms with Gasteiger partial charge in [0.15, 0.2) is 21.3 Å². The molecule has 2 aromatic heterocycles. The highest BCUT2D eigenvalue weighted by molar-refractivity contribution is 7.90. The van der Waals surface area contributed by atoms with E-state index in [-0.39, 0.29) is 10.7 Å². The number of piperidine rings is 1. The van der Waals surface area contributed by atoms with E-state index < -0.39 is 9.84 Å². The number of rotatable bonds is 5.